The zero-order valence-electron chi connectivity index (χ0n) is 16.6. The number of ketones is 1. The molecule has 1 aromatic heterocycles. The van der Waals surface area contributed by atoms with Crippen molar-refractivity contribution >= 4 is 22.7 Å². The van der Waals surface area contributed by atoms with Gasteiger partial charge in [-0.3, -0.25) is 9.59 Å². The van der Waals surface area contributed by atoms with Crippen molar-refractivity contribution in [2.75, 3.05) is 13.7 Å². The Bertz CT molecular complexity index is 1050. The van der Waals surface area contributed by atoms with Crippen LogP contribution >= 0.6 is 0 Å². The molecule has 1 amide bonds. The van der Waals surface area contributed by atoms with Crippen LogP contribution in [0.5, 0.6) is 5.75 Å². The summed E-state index contributed by atoms with van der Waals surface area (Å²) in [4.78, 5) is 29.3. The summed E-state index contributed by atoms with van der Waals surface area (Å²) in [6.45, 7) is 1.25. The predicted octanol–water partition coefficient (Wildman–Crippen LogP) is 3.31. The molecule has 3 aromatic rings. The number of ether oxygens (including phenoxy) is 1. The molecular formula is C23H25N3O3. The van der Waals surface area contributed by atoms with Gasteiger partial charge in [-0.15, -0.1) is 0 Å². The van der Waals surface area contributed by atoms with Crippen LogP contribution in [0, 0.1) is 0 Å². The number of imidazole rings is 1. The lowest BCUT2D eigenvalue weighted by Crippen LogP contribution is -2.24. The lowest BCUT2D eigenvalue weighted by atomic mass is 10.0. The van der Waals surface area contributed by atoms with E-state index in [4.69, 9.17) is 9.72 Å². The van der Waals surface area contributed by atoms with Crippen LogP contribution in [-0.2, 0) is 24.2 Å². The van der Waals surface area contributed by atoms with Crippen molar-refractivity contribution in [2.45, 2.75) is 38.6 Å². The maximum Gasteiger partial charge on any atom is 0.253 e. The number of methoxy groups -OCH3 is 1. The topological polar surface area (TPSA) is 73.2 Å². The highest BCUT2D eigenvalue weighted by atomic mass is 16.5. The Balaban J connectivity index is 1.37. The van der Waals surface area contributed by atoms with E-state index >= 15 is 0 Å². The van der Waals surface area contributed by atoms with Crippen molar-refractivity contribution in [1.29, 1.82) is 0 Å². The molecule has 1 aliphatic heterocycles. The minimum atomic E-state index is -0.0607. The molecule has 0 saturated heterocycles. The minimum Gasteiger partial charge on any atom is -0.497 e. The number of para-hydroxylation sites is 1. The number of aromatic nitrogens is 2. The molecule has 6 nitrogen and oxygen atoms in total. The molecule has 1 aliphatic rings. The maximum absolute atomic E-state index is 12.4. The number of Topliss-reactive ketones (excluding diaryl/α,β-unsaturated/α-hetero) is 1. The van der Waals surface area contributed by atoms with Gasteiger partial charge in [-0.2, -0.15) is 0 Å². The van der Waals surface area contributed by atoms with Crippen LogP contribution in [0.3, 0.4) is 0 Å². The average molecular weight is 391 g/mol. The molecule has 0 saturated carbocycles. The minimum absolute atomic E-state index is 0.0607. The van der Waals surface area contributed by atoms with Gasteiger partial charge >= 0.3 is 0 Å². The summed E-state index contributed by atoms with van der Waals surface area (Å²) < 4.78 is 7.33. The van der Waals surface area contributed by atoms with Crippen LogP contribution in [-0.4, -0.2) is 34.9 Å². The third-order valence-corrected chi connectivity index (χ3v) is 5.39. The molecule has 0 bridgehead atoms. The van der Waals surface area contributed by atoms with Crippen LogP contribution in [0.25, 0.3) is 11.0 Å². The van der Waals surface area contributed by atoms with Crippen molar-refractivity contribution in [3.8, 4) is 5.75 Å². The van der Waals surface area contributed by atoms with Crippen LogP contribution in [0.4, 0.5) is 0 Å². The number of nitrogens with zero attached hydrogens (tertiary/aromatic N) is 2. The number of carbonyl (C=O) groups excluding carboxylic acids is 2. The third-order valence-electron chi connectivity index (χ3n) is 5.39. The lowest BCUT2D eigenvalue weighted by molar-refractivity contribution is -0.119. The van der Waals surface area contributed by atoms with E-state index in [2.05, 4.69) is 16.0 Å². The largest absolute Gasteiger partial charge is 0.497 e. The van der Waals surface area contributed by atoms with Gasteiger partial charge in [-0.1, -0.05) is 18.2 Å². The van der Waals surface area contributed by atoms with E-state index in [1.165, 1.54) is 5.56 Å². The van der Waals surface area contributed by atoms with E-state index in [9.17, 15) is 9.59 Å². The average Bonchev–Trinajstić information content (AvgIpc) is 3.00. The Labute approximate surface area is 169 Å². The first-order chi connectivity index (χ1) is 14.2. The van der Waals surface area contributed by atoms with E-state index in [-0.39, 0.29) is 11.7 Å². The summed E-state index contributed by atoms with van der Waals surface area (Å²) in [5, 5.41) is 2.92. The lowest BCUT2D eigenvalue weighted by Gasteiger charge is -2.07. The van der Waals surface area contributed by atoms with E-state index < -0.39 is 0 Å². The molecule has 29 heavy (non-hydrogen) atoms. The molecule has 6 heteroatoms. The van der Waals surface area contributed by atoms with Gasteiger partial charge < -0.3 is 14.6 Å². The molecule has 0 radical (unpaired) electrons. The number of hydrogen-bond acceptors (Lipinski definition) is 4. The van der Waals surface area contributed by atoms with Crippen molar-refractivity contribution in [1.82, 2.24) is 14.9 Å². The summed E-state index contributed by atoms with van der Waals surface area (Å²) in [5.74, 6) is 1.91. The molecule has 0 unspecified atom stereocenters. The first-order valence-electron chi connectivity index (χ1n) is 10.1. The highest BCUT2D eigenvalue weighted by Gasteiger charge is 2.21. The van der Waals surface area contributed by atoms with Gasteiger partial charge in [0.1, 0.15) is 17.4 Å². The zero-order valence-corrected chi connectivity index (χ0v) is 16.6. The first-order valence-corrected chi connectivity index (χ1v) is 10.1. The predicted molar refractivity (Wildman–Crippen MR) is 111 cm³/mol. The SMILES string of the molecule is COc1cccc(CCCC(=O)CCc2nc3cccc4c3n2CCNC4=O)c1. The van der Waals surface area contributed by atoms with Gasteiger partial charge in [0.05, 0.1) is 23.7 Å². The van der Waals surface area contributed by atoms with Gasteiger partial charge in [0.2, 0.25) is 0 Å². The summed E-state index contributed by atoms with van der Waals surface area (Å²) in [7, 11) is 1.66. The smallest absolute Gasteiger partial charge is 0.253 e. The van der Waals surface area contributed by atoms with Gasteiger partial charge in [0.15, 0.2) is 0 Å². The summed E-state index contributed by atoms with van der Waals surface area (Å²) in [6, 6.07) is 13.6. The van der Waals surface area contributed by atoms with E-state index in [0.717, 1.165) is 35.4 Å². The van der Waals surface area contributed by atoms with Crippen molar-refractivity contribution in [3.63, 3.8) is 0 Å². The van der Waals surface area contributed by atoms with Crippen molar-refractivity contribution in [3.05, 3.63) is 59.4 Å². The van der Waals surface area contributed by atoms with Gasteiger partial charge in [-0.25, -0.2) is 4.98 Å². The second kappa shape index (κ2) is 8.47. The normalized spacial score (nSPS) is 13.2. The first kappa shape index (κ1) is 19.2. The van der Waals surface area contributed by atoms with Gasteiger partial charge in [-0.05, 0) is 42.7 Å². The molecule has 1 N–H and O–H groups in total. The maximum atomic E-state index is 12.4. The van der Waals surface area contributed by atoms with E-state index in [1.54, 1.807) is 7.11 Å². The monoisotopic (exact) mass is 391 g/mol. The number of benzene rings is 2. The van der Waals surface area contributed by atoms with E-state index in [0.29, 0.717) is 37.9 Å². The molecule has 0 fully saturated rings. The molecule has 4 rings (SSSR count). The Kier molecular flexibility index (Phi) is 5.60. The Morgan fingerprint density at radius 3 is 2.90 bits per heavy atom. The Morgan fingerprint density at radius 1 is 1.17 bits per heavy atom. The number of nitrogens with one attached hydrogen (secondary N) is 1. The molecular weight excluding hydrogens is 366 g/mol. The van der Waals surface area contributed by atoms with Crippen molar-refractivity contribution < 1.29 is 14.3 Å². The fourth-order valence-corrected chi connectivity index (χ4v) is 3.92. The fraction of sp³-hybridized carbons (Fsp3) is 0.348. The number of aryl methyl sites for hydroxylation is 2. The van der Waals surface area contributed by atoms with Crippen LogP contribution in [0.2, 0.25) is 0 Å². The second-order valence-corrected chi connectivity index (χ2v) is 7.35. The Morgan fingerprint density at radius 2 is 2.03 bits per heavy atom. The van der Waals surface area contributed by atoms with Gasteiger partial charge in [0.25, 0.3) is 5.91 Å². The fourth-order valence-electron chi connectivity index (χ4n) is 3.92. The van der Waals surface area contributed by atoms with Crippen molar-refractivity contribution in [2.24, 2.45) is 0 Å². The number of rotatable bonds is 8. The summed E-state index contributed by atoms with van der Waals surface area (Å²) in [6.07, 6.45) is 3.31. The van der Waals surface area contributed by atoms with Crippen LogP contribution in [0.1, 0.15) is 41.0 Å². The Hall–Kier alpha value is -3.15. The molecule has 2 heterocycles. The summed E-state index contributed by atoms with van der Waals surface area (Å²) >= 11 is 0. The van der Waals surface area contributed by atoms with E-state index in [1.807, 2.05) is 36.4 Å². The molecule has 2 aromatic carbocycles. The quantitative estimate of drug-likeness (QED) is 0.639. The highest BCUT2D eigenvalue weighted by molar-refractivity contribution is 6.05. The second-order valence-electron chi connectivity index (χ2n) is 7.35. The number of hydrogen-bond donors (Lipinski definition) is 1. The molecule has 0 aliphatic carbocycles. The molecule has 150 valence electrons. The standard InChI is InChI=1S/C23H25N3O3/c1-29-18-8-3-6-16(15-18)5-2-7-17(27)11-12-21-25-20-10-4-9-19-22(20)26(21)14-13-24-23(19)28/h3-4,6,8-10,15H,2,5,7,11-14H2,1H3,(H,24,28). The number of carbonyl (C=O) groups is 2. The molecule has 0 atom stereocenters. The number of amides is 1. The summed E-state index contributed by atoms with van der Waals surface area (Å²) in [5.41, 5.74) is 3.54. The van der Waals surface area contributed by atoms with Gasteiger partial charge in [0, 0.05) is 32.4 Å². The van der Waals surface area contributed by atoms with Crippen LogP contribution in [0.15, 0.2) is 42.5 Å². The zero-order chi connectivity index (χ0) is 20.2. The highest BCUT2D eigenvalue weighted by Crippen LogP contribution is 2.23. The third kappa shape index (κ3) is 4.16. The van der Waals surface area contributed by atoms with Crippen LogP contribution < -0.4 is 10.1 Å². The molecule has 0 spiro atoms.